The lowest BCUT2D eigenvalue weighted by Crippen LogP contribution is -2.39. The van der Waals surface area contributed by atoms with Crippen LogP contribution in [0.15, 0.2) is 0 Å². The van der Waals surface area contributed by atoms with Crippen molar-refractivity contribution in [2.45, 2.75) is 45.1 Å². The first-order valence-corrected chi connectivity index (χ1v) is 5.70. The van der Waals surface area contributed by atoms with Crippen molar-refractivity contribution in [2.24, 2.45) is 5.73 Å². The van der Waals surface area contributed by atoms with Gasteiger partial charge in [0.05, 0.1) is 11.0 Å². The maximum Gasteiger partial charge on any atom is 0.0902 e. The quantitative estimate of drug-likeness (QED) is 0.543. The largest absolute Gasteiger partial charge is 0.392 e. The van der Waals surface area contributed by atoms with Crippen molar-refractivity contribution in [3.63, 3.8) is 0 Å². The summed E-state index contributed by atoms with van der Waals surface area (Å²) in [6.45, 7) is 4.59. The Kier molecular flexibility index (Phi) is 4.67. The predicted octanol–water partition coefficient (Wildman–Crippen LogP) is 1.93. The fraction of sp³-hybridized carbons (Fsp3) is 0.900. The highest BCUT2D eigenvalue weighted by Gasteiger charge is 2.25. The van der Waals surface area contributed by atoms with E-state index in [2.05, 4.69) is 11.8 Å². The van der Waals surface area contributed by atoms with Crippen molar-refractivity contribution in [1.82, 2.24) is 4.90 Å². The summed E-state index contributed by atoms with van der Waals surface area (Å²) in [7, 11) is 0. The van der Waals surface area contributed by atoms with E-state index < -0.39 is 0 Å². The molecule has 1 aliphatic heterocycles. The molecule has 3 heteroatoms. The molecule has 2 N–H and O–H groups in total. The molecule has 0 spiro atoms. The molecule has 0 amide bonds. The summed E-state index contributed by atoms with van der Waals surface area (Å²) in [6.07, 6.45) is 6.32. The lowest BCUT2D eigenvalue weighted by Gasteiger charge is -2.22. The number of hydrogen-bond donors (Lipinski definition) is 1. The molecule has 0 aromatic heterocycles. The van der Waals surface area contributed by atoms with Gasteiger partial charge in [-0.05, 0) is 32.4 Å². The van der Waals surface area contributed by atoms with Crippen LogP contribution in [0.4, 0.5) is 0 Å². The smallest absolute Gasteiger partial charge is 0.0902 e. The van der Waals surface area contributed by atoms with Crippen LogP contribution in [0.2, 0.25) is 0 Å². The van der Waals surface area contributed by atoms with Crippen molar-refractivity contribution in [3.8, 4) is 0 Å². The minimum absolute atomic E-state index is 0.395. The van der Waals surface area contributed by atoms with Gasteiger partial charge in [-0.1, -0.05) is 32.0 Å². The van der Waals surface area contributed by atoms with Crippen molar-refractivity contribution in [1.29, 1.82) is 0 Å². The van der Waals surface area contributed by atoms with Gasteiger partial charge in [0.15, 0.2) is 0 Å². The number of likely N-dealkylation sites (tertiary alicyclic amines) is 1. The second-order valence-corrected chi connectivity index (χ2v) is 4.27. The summed E-state index contributed by atoms with van der Waals surface area (Å²) in [5.74, 6) is 0. The average Bonchev–Trinajstić information content (AvgIpc) is 2.53. The van der Waals surface area contributed by atoms with E-state index in [1.165, 1.54) is 45.2 Å². The van der Waals surface area contributed by atoms with Crippen molar-refractivity contribution in [3.05, 3.63) is 0 Å². The molecule has 1 aliphatic rings. The highest BCUT2D eigenvalue weighted by Crippen LogP contribution is 2.17. The third kappa shape index (κ3) is 3.24. The molecule has 0 aromatic carbocycles. The molecule has 1 heterocycles. The van der Waals surface area contributed by atoms with Gasteiger partial charge < -0.3 is 5.73 Å². The number of thiocarbonyl (C=S) groups is 1. The fourth-order valence-electron chi connectivity index (χ4n) is 1.98. The van der Waals surface area contributed by atoms with E-state index in [0.29, 0.717) is 11.0 Å². The number of nitrogens with zero attached hydrogens (tertiary/aromatic N) is 1. The van der Waals surface area contributed by atoms with Gasteiger partial charge in [-0.3, -0.25) is 4.90 Å². The lowest BCUT2D eigenvalue weighted by atomic mass is 10.2. The Labute approximate surface area is 86.5 Å². The van der Waals surface area contributed by atoms with E-state index >= 15 is 0 Å². The van der Waals surface area contributed by atoms with Gasteiger partial charge in [0.25, 0.3) is 0 Å². The molecule has 0 bridgehead atoms. The summed E-state index contributed by atoms with van der Waals surface area (Å²) in [4.78, 5) is 3.13. The van der Waals surface area contributed by atoms with Crippen LogP contribution in [-0.4, -0.2) is 29.0 Å². The van der Waals surface area contributed by atoms with Crippen molar-refractivity contribution >= 4 is 17.2 Å². The maximum atomic E-state index is 5.68. The molecular weight excluding hydrogens is 180 g/mol. The predicted molar refractivity (Wildman–Crippen MR) is 60.9 cm³/mol. The number of unbranched alkanes of at least 4 members (excludes halogenated alkanes) is 2. The summed E-state index contributed by atoms with van der Waals surface area (Å²) in [6, 6.07) is 0.395. The minimum atomic E-state index is 0.395. The third-order valence-electron chi connectivity index (χ3n) is 2.74. The van der Waals surface area contributed by atoms with E-state index in [4.69, 9.17) is 18.0 Å². The lowest BCUT2D eigenvalue weighted by molar-refractivity contribution is 0.296. The molecule has 76 valence electrons. The summed E-state index contributed by atoms with van der Waals surface area (Å²) in [5.41, 5.74) is 5.68. The molecule has 1 unspecified atom stereocenters. The van der Waals surface area contributed by atoms with E-state index in [1.807, 2.05) is 0 Å². The summed E-state index contributed by atoms with van der Waals surface area (Å²) in [5, 5.41) is 0. The Balaban J connectivity index is 2.27. The summed E-state index contributed by atoms with van der Waals surface area (Å²) < 4.78 is 0. The van der Waals surface area contributed by atoms with Gasteiger partial charge in [-0.15, -0.1) is 0 Å². The minimum Gasteiger partial charge on any atom is -0.392 e. The monoisotopic (exact) mass is 200 g/mol. The normalized spacial score (nSPS) is 23.6. The van der Waals surface area contributed by atoms with Gasteiger partial charge in [0.2, 0.25) is 0 Å². The van der Waals surface area contributed by atoms with Crippen molar-refractivity contribution < 1.29 is 0 Å². The molecule has 0 aromatic rings. The van der Waals surface area contributed by atoms with Gasteiger partial charge in [-0.25, -0.2) is 0 Å². The molecule has 1 fully saturated rings. The molecular formula is C10H20N2S. The third-order valence-corrected chi connectivity index (χ3v) is 3.01. The Morgan fingerprint density at radius 2 is 2.31 bits per heavy atom. The van der Waals surface area contributed by atoms with Crippen LogP contribution in [-0.2, 0) is 0 Å². The highest BCUT2D eigenvalue weighted by molar-refractivity contribution is 7.80. The molecule has 13 heavy (non-hydrogen) atoms. The van der Waals surface area contributed by atoms with E-state index in [1.54, 1.807) is 0 Å². The molecule has 0 aliphatic carbocycles. The van der Waals surface area contributed by atoms with Crippen LogP contribution in [0.1, 0.15) is 39.0 Å². The topological polar surface area (TPSA) is 29.3 Å². The molecule has 1 atom stereocenters. The van der Waals surface area contributed by atoms with Crippen molar-refractivity contribution in [2.75, 3.05) is 13.1 Å². The zero-order valence-corrected chi connectivity index (χ0v) is 9.28. The molecule has 0 saturated carbocycles. The SMILES string of the molecule is CCCCCN1CCCC1C(N)=S. The number of rotatable bonds is 5. The van der Waals surface area contributed by atoms with Crippen LogP contribution in [0.3, 0.4) is 0 Å². The second-order valence-electron chi connectivity index (χ2n) is 3.80. The molecule has 1 rings (SSSR count). The highest BCUT2D eigenvalue weighted by atomic mass is 32.1. The Morgan fingerprint density at radius 1 is 1.54 bits per heavy atom. The first-order valence-electron chi connectivity index (χ1n) is 5.29. The van der Waals surface area contributed by atoms with Crippen LogP contribution < -0.4 is 5.73 Å². The fourth-order valence-corrected chi connectivity index (χ4v) is 2.25. The van der Waals surface area contributed by atoms with Crippen LogP contribution in [0.5, 0.6) is 0 Å². The van der Waals surface area contributed by atoms with Crippen LogP contribution >= 0.6 is 12.2 Å². The first kappa shape index (κ1) is 10.9. The zero-order chi connectivity index (χ0) is 9.68. The number of nitrogens with two attached hydrogens (primary N) is 1. The second kappa shape index (κ2) is 5.55. The Morgan fingerprint density at radius 3 is 2.92 bits per heavy atom. The van der Waals surface area contributed by atoms with E-state index in [0.717, 1.165) is 0 Å². The molecule has 1 saturated heterocycles. The standard InChI is InChI=1S/C10H20N2S/c1-2-3-4-7-12-8-5-6-9(12)10(11)13/h9H,2-8H2,1H3,(H2,11,13). The Hall–Kier alpha value is -0.150. The van der Waals surface area contributed by atoms with E-state index in [-0.39, 0.29) is 0 Å². The van der Waals surface area contributed by atoms with Gasteiger partial charge in [-0.2, -0.15) is 0 Å². The zero-order valence-electron chi connectivity index (χ0n) is 8.46. The molecule has 0 radical (unpaired) electrons. The van der Waals surface area contributed by atoms with E-state index in [9.17, 15) is 0 Å². The van der Waals surface area contributed by atoms with Gasteiger partial charge in [0.1, 0.15) is 0 Å². The number of hydrogen-bond acceptors (Lipinski definition) is 2. The van der Waals surface area contributed by atoms with Crippen LogP contribution in [0, 0.1) is 0 Å². The average molecular weight is 200 g/mol. The summed E-state index contributed by atoms with van der Waals surface area (Å²) >= 11 is 5.05. The first-order chi connectivity index (χ1) is 6.25. The maximum absolute atomic E-state index is 5.68. The van der Waals surface area contributed by atoms with Crippen LogP contribution in [0.25, 0.3) is 0 Å². The van der Waals surface area contributed by atoms with Gasteiger partial charge >= 0.3 is 0 Å². The van der Waals surface area contributed by atoms with Gasteiger partial charge in [0, 0.05) is 0 Å². The molecule has 2 nitrogen and oxygen atoms in total. The Bertz CT molecular complexity index is 170.